The Bertz CT molecular complexity index is 1090. The molecule has 3 rings (SSSR count). The lowest BCUT2D eigenvalue weighted by molar-refractivity contribution is 0.0954. The first kappa shape index (κ1) is 17.9. The van der Waals surface area contributed by atoms with Gasteiger partial charge in [0.2, 0.25) is 0 Å². The number of nitrogens with one attached hydrogen (secondary N) is 2. The third-order valence-electron chi connectivity index (χ3n) is 4.14. The summed E-state index contributed by atoms with van der Waals surface area (Å²) in [6, 6.07) is 12.4. The van der Waals surface area contributed by atoms with Gasteiger partial charge in [0.25, 0.3) is 5.91 Å². The average Bonchev–Trinajstić information content (AvgIpc) is 2.62. The fourth-order valence-electron chi connectivity index (χ4n) is 2.85. The zero-order valence-corrected chi connectivity index (χ0v) is 15.0. The second-order valence-corrected chi connectivity index (χ2v) is 6.31. The van der Waals surface area contributed by atoms with Crippen molar-refractivity contribution >= 4 is 28.5 Å². The van der Waals surface area contributed by atoms with E-state index in [2.05, 4.69) is 10.3 Å². The molecule has 26 heavy (non-hydrogen) atoms. The number of nitrogens with zero attached hydrogens (tertiary/aromatic N) is 1. The van der Waals surface area contributed by atoms with Crippen molar-refractivity contribution in [2.75, 3.05) is 6.54 Å². The second-order valence-electron chi connectivity index (χ2n) is 5.87. The lowest BCUT2D eigenvalue weighted by Crippen LogP contribution is -2.36. The Morgan fingerprint density at radius 2 is 2.00 bits per heavy atom. The van der Waals surface area contributed by atoms with Crippen LogP contribution >= 0.6 is 11.6 Å². The lowest BCUT2D eigenvalue weighted by atomic mass is 10.1. The molecule has 1 amide bonds. The van der Waals surface area contributed by atoms with Gasteiger partial charge < -0.3 is 14.9 Å². The molecule has 0 bridgehead atoms. The van der Waals surface area contributed by atoms with Crippen LogP contribution in [0.3, 0.4) is 0 Å². The molecule has 3 aromatic rings. The monoisotopic (exact) mass is 371 g/mol. The van der Waals surface area contributed by atoms with Crippen LogP contribution in [0.15, 0.2) is 52.1 Å². The number of H-pyrrole nitrogens is 1. The maximum absolute atomic E-state index is 12.4. The van der Waals surface area contributed by atoms with Crippen LogP contribution in [0, 0.1) is 0 Å². The number of carbonyl (C=O) groups excluding carboxylic acids is 1. The largest absolute Gasteiger partial charge is 0.352 e. The fourth-order valence-corrected chi connectivity index (χ4v) is 3.06. The summed E-state index contributed by atoms with van der Waals surface area (Å²) in [5, 5.41) is 3.50. The van der Waals surface area contributed by atoms with E-state index in [0.717, 1.165) is 5.56 Å². The quantitative estimate of drug-likeness (QED) is 0.675. The molecule has 2 aromatic carbocycles. The molecule has 0 fully saturated rings. The molecule has 2 N–H and O–H groups in total. The van der Waals surface area contributed by atoms with Gasteiger partial charge in [0.1, 0.15) is 0 Å². The van der Waals surface area contributed by atoms with E-state index >= 15 is 0 Å². The zero-order chi connectivity index (χ0) is 18.7. The summed E-state index contributed by atoms with van der Waals surface area (Å²) in [4.78, 5) is 38.5. The van der Waals surface area contributed by atoms with Crippen molar-refractivity contribution in [3.8, 4) is 0 Å². The number of fused-ring (bicyclic) bond motifs is 1. The fraction of sp³-hybridized carbons (Fsp3) is 0.211. The van der Waals surface area contributed by atoms with Gasteiger partial charge in [-0.15, -0.1) is 0 Å². The first-order chi connectivity index (χ1) is 12.5. The molecule has 0 atom stereocenters. The van der Waals surface area contributed by atoms with Gasteiger partial charge in [-0.25, -0.2) is 0 Å². The van der Waals surface area contributed by atoms with E-state index in [1.807, 2.05) is 18.2 Å². The van der Waals surface area contributed by atoms with E-state index in [9.17, 15) is 14.4 Å². The van der Waals surface area contributed by atoms with Crippen LogP contribution in [0.25, 0.3) is 11.0 Å². The number of aromatic amines is 1. The van der Waals surface area contributed by atoms with Crippen LogP contribution in [0.4, 0.5) is 0 Å². The summed E-state index contributed by atoms with van der Waals surface area (Å²) in [5.41, 5.74) is 1.20. The first-order valence-electron chi connectivity index (χ1n) is 8.29. The predicted octanol–water partition coefficient (Wildman–Crippen LogP) is 2.34. The van der Waals surface area contributed by atoms with Gasteiger partial charge in [0, 0.05) is 23.7 Å². The number of aryl methyl sites for hydroxylation is 1. The number of aromatic nitrogens is 2. The van der Waals surface area contributed by atoms with E-state index in [1.165, 1.54) is 4.57 Å². The number of carbonyl (C=O) groups is 1. The summed E-state index contributed by atoms with van der Waals surface area (Å²) >= 11 is 5.95. The summed E-state index contributed by atoms with van der Waals surface area (Å²) in [5.74, 6) is -0.246. The van der Waals surface area contributed by atoms with Crippen LogP contribution in [-0.4, -0.2) is 22.0 Å². The highest BCUT2D eigenvalue weighted by Gasteiger charge is 2.10. The average molecular weight is 372 g/mol. The van der Waals surface area contributed by atoms with Crippen molar-refractivity contribution in [3.05, 3.63) is 79.3 Å². The molecule has 1 aromatic heterocycles. The molecule has 0 aliphatic heterocycles. The van der Waals surface area contributed by atoms with Gasteiger partial charge in [-0.3, -0.25) is 14.4 Å². The molecule has 0 saturated carbocycles. The highest BCUT2D eigenvalue weighted by atomic mass is 35.5. The summed E-state index contributed by atoms with van der Waals surface area (Å²) in [6.07, 6.45) is 0.659. The van der Waals surface area contributed by atoms with Crippen LogP contribution in [0.2, 0.25) is 5.02 Å². The van der Waals surface area contributed by atoms with E-state index in [0.29, 0.717) is 41.1 Å². The topological polar surface area (TPSA) is 84.0 Å². The normalized spacial score (nSPS) is 10.8. The van der Waals surface area contributed by atoms with E-state index < -0.39 is 11.1 Å². The van der Waals surface area contributed by atoms with Crippen LogP contribution in [-0.2, 0) is 13.0 Å². The molecule has 134 valence electrons. The van der Waals surface area contributed by atoms with E-state index in [-0.39, 0.29) is 5.91 Å². The molecule has 0 saturated heterocycles. The summed E-state index contributed by atoms with van der Waals surface area (Å²) in [6.45, 7) is 2.63. The van der Waals surface area contributed by atoms with Crippen molar-refractivity contribution in [2.24, 2.45) is 0 Å². The molecular weight excluding hydrogens is 354 g/mol. The van der Waals surface area contributed by atoms with Gasteiger partial charge in [0.15, 0.2) is 0 Å². The molecule has 6 nitrogen and oxygen atoms in total. The number of hydrogen-bond acceptors (Lipinski definition) is 3. The van der Waals surface area contributed by atoms with Crippen molar-refractivity contribution < 1.29 is 4.79 Å². The summed E-state index contributed by atoms with van der Waals surface area (Å²) < 4.78 is 1.38. The maximum Gasteiger partial charge on any atom is 0.316 e. The van der Waals surface area contributed by atoms with E-state index in [4.69, 9.17) is 11.6 Å². The minimum absolute atomic E-state index is 0.246. The minimum Gasteiger partial charge on any atom is -0.352 e. The van der Waals surface area contributed by atoms with Gasteiger partial charge in [-0.2, -0.15) is 0 Å². The minimum atomic E-state index is -0.696. The number of benzene rings is 2. The number of amides is 1. The Balaban J connectivity index is 1.77. The second kappa shape index (κ2) is 7.58. The van der Waals surface area contributed by atoms with Gasteiger partial charge in [-0.05, 0) is 49.2 Å². The number of halogens is 1. The third kappa shape index (κ3) is 3.70. The Labute approximate surface area is 154 Å². The predicted molar refractivity (Wildman–Crippen MR) is 102 cm³/mol. The highest BCUT2D eigenvalue weighted by Crippen LogP contribution is 2.13. The van der Waals surface area contributed by atoms with Crippen molar-refractivity contribution in [1.82, 2.24) is 14.9 Å². The Morgan fingerprint density at radius 3 is 2.73 bits per heavy atom. The Hall–Kier alpha value is -2.86. The van der Waals surface area contributed by atoms with Crippen molar-refractivity contribution in [3.63, 3.8) is 0 Å². The van der Waals surface area contributed by atoms with Crippen LogP contribution in [0.1, 0.15) is 22.8 Å². The molecule has 0 spiro atoms. The number of hydrogen-bond donors (Lipinski definition) is 2. The molecule has 7 heteroatoms. The Kier molecular flexibility index (Phi) is 5.23. The standard InChI is InChI=1S/C19H18ClN3O3/c1-2-23-16-7-6-13(11-15(16)22-18(25)19(23)26)17(24)21-9-8-12-4-3-5-14(20)10-12/h3-7,10-11H,2,8-9H2,1H3,(H,21,24)(H,22,25). The molecule has 0 unspecified atom stereocenters. The lowest BCUT2D eigenvalue weighted by Gasteiger charge is -2.09. The number of rotatable bonds is 5. The Morgan fingerprint density at radius 1 is 1.19 bits per heavy atom. The first-order valence-corrected chi connectivity index (χ1v) is 8.67. The van der Waals surface area contributed by atoms with E-state index in [1.54, 1.807) is 31.2 Å². The maximum atomic E-state index is 12.4. The van der Waals surface area contributed by atoms with Crippen molar-refractivity contribution in [2.45, 2.75) is 19.9 Å². The smallest absolute Gasteiger partial charge is 0.316 e. The molecular formula is C19H18ClN3O3. The third-order valence-corrected chi connectivity index (χ3v) is 4.38. The SMILES string of the molecule is CCn1c(=O)c(=O)[nH]c2cc(C(=O)NCCc3cccc(Cl)c3)ccc21. The van der Waals surface area contributed by atoms with Gasteiger partial charge >= 0.3 is 11.1 Å². The van der Waals surface area contributed by atoms with Gasteiger partial charge in [0.05, 0.1) is 11.0 Å². The van der Waals surface area contributed by atoms with Gasteiger partial charge in [-0.1, -0.05) is 23.7 Å². The molecule has 0 aliphatic carbocycles. The summed E-state index contributed by atoms with van der Waals surface area (Å²) in [7, 11) is 0. The zero-order valence-electron chi connectivity index (χ0n) is 14.2. The molecule has 0 aliphatic rings. The molecule has 1 heterocycles. The highest BCUT2D eigenvalue weighted by molar-refractivity contribution is 6.30. The van der Waals surface area contributed by atoms with Crippen LogP contribution in [0.5, 0.6) is 0 Å². The van der Waals surface area contributed by atoms with Crippen molar-refractivity contribution in [1.29, 1.82) is 0 Å². The van der Waals surface area contributed by atoms with Crippen LogP contribution < -0.4 is 16.4 Å². The molecule has 0 radical (unpaired) electrons.